The zero-order valence-corrected chi connectivity index (χ0v) is 11.8. The minimum Gasteiger partial charge on any atom is -0.507 e. The first-order valence-corrected chi connectivity index (χ1v) is 6.06. The quantitative estimate of drug-likeness (QED) is 0.511. The molecule has 2 N–H and O–H groups in total. The third-order valence-electron chi connectivity index (χ3n) is 3.17. The van der Waals surface area contributed by atoms with Crippen molar-refractivity contribution in [2.24, 2.45) is 0 Å². The Morgan fingerprint density at radius 3 is 2.29 bits per heavy atom. The molecule has 6 nitrogen and oxygen atoms in total. The SMILES string of the molecule is COC(=O)c1cc(OC)c2c(O)c(C(C)=O)cc(O)c2c1. The number of ether oxygens (including phenoxy) is 2. The second-order valence-electron chi connectivity index (χ2n) is 4.44. The van der Waals surface area contributed by atoms with Gasteiger partial charge >= 0.3 is 5.97 Å². The molecule has 0 unspecified atom stereocenters. The van der Waals surface area contributed by atoms with E-state index in [2.05, 4.69) is 4.74 Å². The molecule has 21 heavy (non-hydrogen) atoms. The molecule has 0 fully saturated rings. The molecule has 0 bridgehead atoms. The topological polar surface area (TPSA) is 93.1 Å². The van der Waals surface area contributed by atoms with Crippen LogP contribution in [0.25, 0.3) is 10.8 Å². The number of carbonyl (C=O) groups excluding carboxylic acids is 2. The maximum atomic E-state index is 11.6. The molecule has 0 radical (unpaired) electrons. The molecule has 0 aliphatic carbocycles. The molecule has 2 rings (SSSR count). The molecule has 0 heterocycles. The van der Waals surface area contributed by atoms with E-state index in [0.29, 0.717) is 0 Å². The summed E-state index contributed by atoms with van der Waals surface area (Å²) in [5, 5.41) is 20.6. The summed E-state index contributed by atoms with van der Waals surface area (Å²) in [6.07, 6.45) is 0. The summed E-state index contributed by atoms with van der Waals surface area (Å²) >= 11 is 0. The highest BCUT2D eigenvalue weighted by Crippen LogP contribution is 2.41. The van der Waals surface area contributed by atoms with Crippen molar-refractivity contribution in [3.63, 3.8) is 0 Å². The highest BCUT2D eigenvalue weighted by atomic mass is 16.5. The second-order valence-corrected chi connectivity index (χ2v) is 4.44. The minimum atomic E-state index is -0.607. The summed E-state index contributed by atoms with van der Waals surface area (Å²) in [6.45, 7) is 1.27. The fourth-order valence-corrected chi connectivity index (χ4v) is 2.14. The Morgan fingerprint density at radius 1 is 1.10 bits per heavy atom. The van der Waals surface area contributed by atoms with Crippen molar-refractivity contribution < 1.29 is 29.3 Å². The number of benzene rings is 2. The van der Waals surface area contributed by atoms with Gasteiger partial charge in [0.05, 0.1) is 30.7 Å². The maximum absolute atomic E-state index is 11.6. The average molecular weight is 290 g/mol. The summed E-state index contributed by atoms with van der Waals surface area (Å²) in [5.74, 6) is -1.39. The van der Waals surface area contributed by atoms with Crippen LogP contribution in [0.4, 0.5) is 0 Å². The van der Waals surface area contributed by atoms with Crippen LogP contribution in [0.1, 0.15) is 27.6 Å². The van der Waals surface area contributed by atoms with Gasteiger partial charge < -0.3 is 19.7 Å². The number of hydrogen-bond acceptors (Lipinski definition) is 6. The van der Waals surface area contributed by atoms with Crippen LogP contribution in [0.2, 0.25) is 0 Å². The lowest BCUT2D eigenvalue weighted by atomic mass is 9.99. The Kier molecular flexibility index (Phi) is 3.71. The number of Topliss-reactive ketones (excluding diaryl/α,β-unsaturated/α-hetero) is 1. The molecule has 0 amide bonds. The summed E-state index contributed by atoms with van der Waals surface area (Å²) in [7, 11) is 2.59. The van der Waals surface area contributed by atoms with E-state index in [1.807, 2.05) is 0 Å². The number of rotatable bonds is 3. The van der Waals surface area contributed by atoms with Crippen molar-refractivity contribution in [2.75, 3.05) is 14.2 Å². The molecule has 0 saturated carbocycles. The van der Waals surface area contributed by atoms with Crippen LogP contribution >= 0.6 is 0 Å². The van der Waals surface area contributed by atoms with E-state index in [-0.39, 0.29) is 39.1 Å². The van der Waals surface area contributed by atoms with Gasteiger partial charge in [0.2, 0.25) is 0 Å². The number of carbonyl (C=O) groups is 2. The Hall–Kier alpha value is -2.76. The molecule has 0 spiro atoms. The minimum absolute atomic E-state index is 0.0240. The molecule has 0 aliphatic rings. The van der Waals surface area contributed by atoms with Crippen LogP contribution in [0.15, 0.2) is 18.2 Å². The number of fused-ring (bicyclic) bond motifs is 1. The lowest BCUT2D eigenvalue weighted by molar-refractivity contribution is 0.0600. The molecule has 0 atom stereocenters. The fourth-order valence-electron chi connectivity index (χ4n) is 2.14. The Bertz CT molecular complexity index is 748. The van der Waals surface area contributed by atoms with Gasteiger partial charge in [0.25, 0.3) is 0 Å². The van der Waals surface area contributed by atoms with Gasteiger partial charge in [-0.3, -0.25) is 4.79 Å². The standard InChI is InChI=1S/C15H14O6/c1-7(16)9-6-11(17)10-4-8(15(19)21-3)5-12(20-2)13(10)14(9)18/h4-6,17-18H,1-3H3. The third kappa shape index (κ3) is 2.35. The van der Waals surface area contributed by atoms with Crippen molar-refractivity contribution in [1.29, 1.82) is 0 Å². The van der Waals surface area contributed by atoms with E-state index < -0.39 is 11.8 Å². The van der Waals surface area contributed by atoms with Crippen LogP contribution in [0.5, 0.6) is 17.2 Å². The van der Waals surface area contributed by atoms with Gasteiger partial charge in [-0.2, -0.15) is 0 Å². The monoisotopic (exact) mass is 290 g/mol. The van der Waals surface area contributed by atoms with Gasteiger partial charge in [0, 0.05) is 5.39 Å². The van der Waals surface area contributed by atoms with E-state index in [4.69, 9.17) is 4.74 Å². The van der Waals surface area contributed by atoms with Gasteiger partial charge in [0.1, 0.15) is 17.2 Å². The van der Waals surface area contributed by atoms with Gasteiger partial charge in [-0.1, -0.05) is 0 Å². The predicted octanol–water partition coefficient (Wildman–Crippen LogP) is 2.25. The summed E-state index contributed by atoms with van der Waals surface area (Å²) < 4.78 is 9.77. The number of phenols is 2. The molecule has 0 saturated heterocycles. The highest BCUT2D eigenvalue weighted by molar-refractivity contribution is 6.09. The summed E-state index contributed by atoms with van der Waals surface area (Å²) in [6, 6.07) is 3.89. The second kappa shape index (κ2) is 5.32. The van der Waals surface area contributed by atoms with Crippen LogP contribution in [0, 0.1) is 0 Å². The molecule has 2 aromatic carbocycles. The van der Waals surface area contributed by atoms with Crippen LogP contribution < -0.4 is 4.74 Å². The number of phenolic OH excluding ortho intramolecular Hbond substituents is 2. The van der Waals surface area contributed by atoms with Gasteiger partial charge in [0.15, 0.2) is 5.78 Å². The molecule has 0 aliphatic heterocycles. The van der Waals surface area contributed by atoms with Crippen LogP contribution in [-0.4, -0.2) is 36.2 Å². The molecule has 0 aromatic heterocycles. The van der Waals surface area contributed by atoms with E-state index in [1.165, 1.54) is 33.3 Å². The van der Waals surface area contributed by atoms with Gasteiger partial charge in [-0.15, -0.1) is 0 Å². The average Bonchev–Trinajstić information content (AvgIpc) is 2.48. The Balaban J connectivity index is 2.91. The lowest BCUT2D eigenvalue weighted by Gasteiger charge is -2.13. The largest absolute Gasteiger partial charge is 0.507 e. The number of methoxy groups -OCH3 is 2. The van der Waals surface area contributed by atoms with E-state index in [0.717, 1.165) is 6.07 Å². The number of ketones is 1. The first-order valence-electron chi connectivity index (χ1n) is 6.06. The van der Waals surface area contributed by atoms with E-state index in [1.54, 1.807) is 0 Å². The van der Waals surface area contributed by atoms with Crippen LogP contribution in [0.3, 0.4) is 0 Å². The lowest BCUT2D eigenvalue weighted by Crippen LogP contribution is -2.03. The molecule has 2 aromatic rings. The normalized spacial score (nSPS) is 10.4. The Morgan fingerprint density at radius 2 is 1.76 bits per heavy atom. The van der Waals surface area contributed by atoms with Crippen molar-refractivity contribution in [2.45, 2.75) is 6.92 Å². The number of esters is 1. The fraction of sp³-hybridized carbons (Fsp3) is 0.200. The zero-order valence-electron chi connectivity index (χ0n) is 11.8. The van der Waals surface area contributed by atoms with Crippen molar-refractivity contribution in [3.8, 4) is 17.2 Å². The molecular weight excluding hydrogens is 276 g/mol. The third-order valence-corrected chi connectivity index (χ3v) is 3.17. The van der Waals surface area contributed by atoms with E-state index in [9.17, 15) is 19.8 Å². The maximum Gasteiger partial charge on any atom is 0.338 e. The zero-order chi connectivity index (χ0) is 15.7. The molecular formula is C15H14O6. The summed E-state index contributed by atoms with van der Waals surface area (Å²) in [5.41, 5.74) is 0.135. The summed E-state index contributed by atoms with van der Waals surface area (Å²) in [4.78, 5) is 23.1. The molecule has 6 heteroatoms. The Labute approximate surface area is 120 Å². The number of hydrogen-bond donors (Lipinski definition) is 2. The van der Waals surface area contributed by atoms with Gasteiger partial charge in [-0.25, -0.2) is 4.79 Å². The van der Waals surface area contributed by atoms with Crippen molar-refractivity contribution in [1.82, 2.24) is 0 Å². The van der Waals surface area contributed by atoms with Crippen molar-refractivity contribution >= 4 is 22.5 Å². The highest BCUT2D eigenvalue weighted by Gasteiger charge is 2.20. The van der Waals surface area contributed by atoms with Crippen molar-refractivity contribution in [3.05, 3.63) is 29.3 Å². The number of aromatic hydroxyl groups is 2. The van der Waals surface area contributed by atoms with E-state index >= 15 is 0 Å². The molecule has 110 valence electrons. The van der Waals surface area contributed by atoms with Crippen LogP contribution in [-0.2, 0) is 4.74 Å². The first kappa shape index (κ1) is 14.6. The van der Waals surface area contributed by atoms with Gasteiger partial charge in [-0.05, 0) is 25.1 Å². The first-order chi connectivity index (χ1) is 9.90. The predicted molar refractivity (Wildman–Crippen MR) is 75.2 cm³/mol. The smallest absolute Gasteiger partial charge is 0.338 e.